The second-order valence-electron chi connectivity index (χ2n) is 8.06. The van der Waals surface area contributed by atoms with E-state index in [0.717, 1.165) is 30.0 Å². The molecule has 2 atom stereocenters. The molecule has 5 nitrogen and oxygen atoms in total. The minimum absolute atomic E-state index is 0.0621. The number of hydrogen-bond donors (Lipinski definition) is 2. The number of aliphatic hydroxyl groups excluding tert-OH is 2. The number of β-amino-alcohol motifs (C(OH)–C–C–N with tert-alkyl or cyclic N) is 1. The molecule has 0 unspecified atom stereocenters. The summed E-state index contributed by atoms with van der Waals surface area (Å²) in [6.45, 7) is 6.48. The fraction of sp³-hybridized carbons (Fsp3) is 0.478. The van der Waals surface area contributed by atoms with Crippen molar-refractivity contribution in [1.82, 2.24) is 4.90 Å². The third-order valence-corrected chi connectivity index (χ3v) is 5.22. The quantitative estimate of drug-likeness (QED) is 0.565. The molecule has 0 saturated carbocycles. The van der Waals surface area contributed by atoms with Crippen LogP contribution in [0.4, 0.5) is 4.39 Å². The Bertz CT molecular complexity index is 759. The number of aliphatic hydroxyl groups is 2. The molecule has 158 valence electrons. The van der Waals surface area contributed by atoms with Crippen molar-refractivity contribution in [3.05, 3.63) is 59.7 Å². The Hall–Kier alpha value is -2.15. The molecule has 0 spiro atoms. The molecule has 1 aliphatic heterocycles. The lowest BCUT2D eigenvalue weighted by molar-refractivity contribution is 0.0842. The topological polar surface area (TPSA) is 61.9 Å². The van der Waals surface area contributed by atoms with Gasteiger partial charge >= 0.3 is 0 Å². The van der Waals surface area contributed by atoms with Crippen LogP contribution < -0.4 is 9.47 Å². The minimum Gasteiger partial charge on any atom is -0.491 e. The number of rotatable bonds is 11. The maximum Gasteiger partial charge on any atom is 0.119 e. The number of ether oxygens (including phenoxy) is 2. The molecule has 0 radical (unpaired) electrons. The first-order chi connectivity index (χ1) is 13.9. The van der Waals surface area contributed by atoms with E-state index < -0.39 is 18.9 Å². The molecule has 1 heterocycles. The van der Waals surface area contributed by atoms with Gasteiger partial charge in [-0.05, 0) is 35.4 Å². The smallest absolute Gasteiger partial charge is 0.119 e. The van der Waals surface area contributed by atoms with E-state index in [1.165, 1.54) is 0 Å². The second-order valence-corrected chi connectivity index (χ2v) is 8.06. The minimum atomic E-state index is -1.10. The monoisotopic (exact) mass is 403 g/mol. The van der Waals surface area contributed by atoms with Crippen LogP contribution in [-0.4, -0.2) is 66.8 Å². The largest absolute Gasteiger partial charge is 0.491 e. The highest BCUT2D eigenvalue weighted by molar-refractivity contribution is 5.41. The van der Waals surface area contributed by atoms with Gasteiger partial charge in [-0.1, -0.05) is 38.1 Å². The Morgan fingerprint density at radius 1 is 0.862 bits per heavy atom. The molecule has 1 fully saturated rings. The van der Waals surface area contributed by atoms with E-state index in [0.29, 0.717) is 12.3 Å². The molecule has 3 rings (SSSR count). The SMILES string of the molecule is CC(C)(c1ccc(OC[C@@H](O)CN2CC2)cc1)c1ccc(OC[C@@H](O)CF)cc1. The molecule has 1 saturated heterocycles. The second kappa shape index (κ2) is 9.57. The third kappa shape index (κ3) is 6.16. The first-order valence-electron chi connectivity index (χ1n) is 9.99. The zero-order valence-electron chi connectivity index (χ0n) is 17.1. The van der Waals surface area contributed by atoms with E-state index in [-0.39, 0.29) is 18.6 Å². The summed E-state index contributed by atoms with van der Waals surface area (Å²) in [5, 5.41) is 19.2. The Balaban J connectivity index is 1.57. The summed E-state index contributed by atoms with van der Waals surface area (Å²) in [4.78, 5) is 2.17. The molecule has 6 heteroatoms. The summed E-state index contributed by atoms with van der Waals surface area (Å²) in [5.74, 6) is 1.34. The van der Waals surface area contributed by atoms with Gasteiger partial charge in [0.2, 0.25) is 0 Å². The van der Waals surface area contributed by atoms with Crippen LogP contribution in [0.2, 0.25) is 0 Å². The highest BCUT2D eigenvalue weighted by atomic mass is 19.1. The van der Waals surface area contributed by atoms with Crippen LogP contribution in [0.1, 0.15) is 25.0 Å². The average Bonchev–Trinajstić information content (AvgIpc) is 3.55. The maximum absolute atomic E-state index is 12.3. The lowest BCUT2D eigenvalue weighted by Gasteiger charge is -2.26. The van der Waals surface area contributed by atoms with Crippen molar-refractivity contribution in [2.24, 2.45) is 0 Å². The highest BCUT2D eigenvalue weighted by Crippen LogP contribution is 2.33. The number of benzene rings is 2. The molecule has 0 aliphatic carbocycles. The molecule has 0 amide bonds. The van der Waals surface area contributed by atoms with Crippen LogP contribution in [0.25, 0.3) is 0 Å². The Morgan fingerprint density at radius 2 is 1.31 bits per heavy atom. The van der Waals surface area contributed by atoms with Gasteiger partial charge in [0.25, 0.3) is 0 Å². The van der Waals surface area contributed by atoms with Crippen LogP contribution in [0.5, 0.6) is 11.5 Å². The van der Waals surface area contributed by atoms with Gasteiger partial charge in [-0.25, -0.2) is 4.39 Å². The van der Waals surface area contributed by atoms with Crippen molar-refractivity contribution in [1.29, 1.82) is 0 Å². The predicted octanol–water partition coefficient (Wildman–Crippen LogP) is 2.78. The van der Waals surface area contributed by atoms with Gasteiger partial charge in [-0.3, -0.25) is 4.90 Å². The van der Waals surface area contributed by atoms with Gasteiger partial charge in [0.05, 0.1) is 0 Å². The Labute approximate surface area is 171 Å². The van der Waals surface area contributed by atoms with Crippen molar-refractivity contribution in [2.75, 3.05) is 39.5 Å². The summed E-state index contributed by atoms with van der Waals surface area (Å²) < 4.78 is 23.4. The van der Waals surface area contributed by atoms with E-state index in [1.807, 2.05) is 48.5 Å². The van der Waals surface area contributed by atoms with Crippen LogP contribution >= 0.6 is 0 Å². The standard InChI is InChI=1S/C23H30FNO4/c1-23(2,17-3-7-21(8-4-17)28-15-19(26)13-24)18-5-9-22(10-6-18)29-16-20(27)14-25-11-12-25/h3-10,19-20,26-27H,11-16H2,1-2H3/t19-,20-/m0/s1. The van der Waals surface area contributed by atoms with E-state index in [9.17, 15) is 14.6 Å². The molecule has 1 aliphatic rings. The highest BCUT2D eigenvalue weighted by Gasteiger charge is 2.24. The van der Waals surface area contributed by atoms with Gasteiger partial charge < -0.3 is 19.7 Å². The van der Waals surface area contributed by atoms with Gasteiger partial charge in [-0.2, -0.15) is 0 Å². The number of halogens is 1. The van der Waals surface area contributed by atoms with Crippen molar-refractivity contribution in [3.63, 3.8) is 0 Å². The molecule has 2 aromatic carbocycles. The summed E-state index contributed by atoms with van der Waals surface area (Å²) in [7, 11) is 0. The molecule has 0 aromatic heterocycles. The molecule has 0 bridgehead atoms. The molecule has 2 N–H and O–H groups in total. The Morgan fingerprint density at radius 3 is 1.72 bits per heavy atom. The first-order valence-corrected chi connectivity index (χ1v) is 9.99. The van der Waals surface area contributed by atoms with Gasteiger partial charge in [0, 0.05) is 25.0 Å². The maximum atomic E-state index is 12.3. The van der Waals surface area contributed by atoms with Crippen LogP contribution in [0, 0.1) is 0 Å². The van der Waals surface area contributed by atoms with E-state index in [4.69, 9.17) is 9.47 Å². The number of nitrogens with zero attached hydrogens (tertiary/aromatic N) is 1. The molecular weight excluding hydrogens is 373 g/mol. The third-order valence-electron chi connectivity index (χ3n) is 5.22. The van der Waals surface area contributed by atoms with Crippen LogP contribution in [-0.2, 0) is 5.41 Å². The zero-order valence-corrected chi connectivity index (χ0v) is 17.1. The summed E-state index contributed by atoms with van der Waals surface area (Å²) in [6, 6.07) is 15.5. The lowest BCUT2D eigenvalue weighted by atomic mass is 9.78. The predicted molar refractivity (Wildman–Crippen MR) is 110 cm³/mol. The zero-order chi connectivity index (χ0) is 20.9. The van der Waals surface area contributed by atoms with Crippen molar-refractivity contribution >= 4 is 0 Å². The Kier molecular flexibility index (Phi) is 7.11. The lowest BCUT2D eigenvalue weighted by Crippen LogP contribution is -2.26. The normalized spacial score (nSPS) is 16.3. The van der Waals surface area contributed by atoms with Gasteiger partial charge in [0.15, 0.2) is 0 Å². The van der Waals surface area contributed by atoms with Gasteiger partial charge in [-0.15, -0.1) is 0 Å². The van der Waals surface area contributed by atoms with E-state index in [1.54, 1.807) is 0 Å². The van der Waals surface area contributed by atoms with Crippen molar-refractivity contribution in [3.8, 4) is 11.5 Å². The van der Waals surface area contributed by atoms with Crippen LogP contribution in [0.3, 0.4) is 0 Å². The number of hydrogen-bond acceptors (Lipinski definition) is 5. The van der Waals surface area contributed by atoms with E-state index >= 15 is 0 Å². The first kappa shape index (κ1) is 21.6. The van der Waals surface area contributed by atoms with Gasteiger partial charge in [0.1, 0.15) is 43.6 Å². The molecule has 29 heavy (non-hydrogen) atoms. The fourth-order valence-electron chi connectivity index (χ4n) is 3.14. The summed E-state index contributed by atoms with van der Waals surface area (Å²) >= 11 is 0. The average molecular weight is 403 g/mol. The summed E-state index contributed by atoms with van der Waals surface area (Å²) in [6.07, 6.45) is -1.57. The molecular formula is C23H30FNO4. The van der Waals surface area contributed by atoms with E-state index in [2.05, 4.69) is 18.7 Å². The van der Waals surface area contributed by atoms with Crippen molar-refractivity contribution in [2.45, 2.75) is 31.5 Å². The van der Waals surface area contributed by atoms with Crippen LogP contribution in [0.15, 0.2) is 48.5 Å². The molecule has 2 aromatic rings. The number of alkyl halides is 1. The van der Waals surface area contributed by atoms with Crippen molar-refractivity contribution < 1.29 is 24.1 Å². The fourth-order valence-corrected chi connectivity index (χ4v) is 3.14. The summed E-state index contributed by atoms with van der Waals surface area (Å²) in [5.41, 5.74) is 2.02.